The number of aromatic nitrogens is 2. The Bertz CT molecular complexity index is 1540. The van der Waals surface area contributed by atoms with E-state index in [4.69, 9.17) is 14.6 Å². The number of ether oxygens (including phenoxy) is 2. The van der Waals surface area contributed by atoms with E-state index in [0.717, 1.165) is 44.3 Å². The van der Waals surface area contributed by atoms with Gasteiger partial charge < -0.3 is 29.6 Å². The number of aliphatic carboxylic acids is 1. The van der Waals surface area contributed by atoms with Crippen LogP contribution >= 0.6 is 11.8 Å². The smallest absolute Gasteiger partial charge is 0.303 e. The van der Waals surface area contributed by atoms with E-state index in [-0.39, 0.29) is 37.6 Å². The summed E-state index contributed by atoms with van der Waals surface area (Å²) in [5.41, 5.74) is 5.83. The molecule has 0 unspecified atom stereocenters. The largest absolute Gasteiger partial charge is 0.481 e. The minimum atomic E-state index is -0.897. The van der Waals surface area contributed by atoms with E-state index in [1.807, 2.05) is 90.6 Å². The third kappa shape index (κ3) is 8.57. The summed E-state index contributed by atoms with van der Waals surface area (Å²) >= 11 is 1.66. The van der Waals surface area contributed by atoms with Crippen LogP contribution in [0.1, 0.15) is 60.3 Å². The molecule has 1 fully saturated rings. The highest BCUT2D eigenvalue weighted by Crippen LogP contribution is 2.39. The molecule has 1 aliphatic rings. The zero-order valence-electron chi connectivity index (χ0n) is 24.6. The van der Waals surface area contributed by atoms with E-state index in [2.05, 4.69) is 10.3 Å². The second-order valence-electron chi connectivity index (χ2n) is 10.8. The normalized spacial score (nSPS) is 18.2. The molecule has 5 rings (SSSR count). The Morgan fingerprint density at radius 1 is 0.977 bits per heavy atom. The molecule has 0 aliphatic carbocycles. The van der Waals surface area contributed by atoms with Crippen molar-refractivity contribution in [2.45, 2.75) is 62.5 Å². The van der Waals surface area contributed by atoms with Gasteiger partial charge in [0.15, 0.2) is 11.4 Å². The number of thioether (sulfide) groups is 1. The number of benzene rings is 3. The standard InChI is InChI=1S/C34H37N3O6S/c1-37-17-16-35-34(37)44-22-29-19-30(26-10-8-23(21-38)9-11-26)43-33(42-29)27-14-12-25(13-15-27)28-5-2-4-24(18-28)20-36-31(39)6-3-7-32(40)41/h2,4-5,8-18,29-30,33,38H,3,6-7,19-22H2,1H3,(H,36,39)(H,40,41)/t29-,30+,33+/m1/s1. The lowest BCUT2D eigenvalue weighted by molar-refractivity contribution is -0.245. The molecule has 1 aliphatic heterocycles. The Labute approximate surface area is 261 Å². The summed E-state index contributed by atoms with van der Waals surface area (Å²) in [4.78, 5) is 27.2. The van der Waals surface area contributed by atoms with Crippen molar-refractivity contribution in [2.24, 2.45) is 7.05 Å². The summed E-state index contributed by atoms with van der Waals surface area (Å²) in [7, 11) is 1.98. The van der Waals surface area contributed by atoms with Gasteiger partial charge in [0.2, 0.25) is 5.91 Å². The monoisotopic (exact) mass is 615 g/mol. The van der Waals surface area contributed by atoms with Crippen LogP contribution in [0.3, 0.4) is 0 Å². The third-order valence-corrected chi connectivity index (χ3v) is 8.71. The Morgan fingerprint density at radius 2 is 1.75 bits per heavy atom. The lowest BCUT2D eigenvalue weighted by Crippen LogP contribution is -2.31. The molecule has 1 amide bonds. The Balaban J connectivity index is 1.26. The van der Waals surface area contributed by atoms with Crippen LogP contribution in [0.4, 0.5) is 0 Å². The number of nitrogens with zero attached hydrogens (tertiary/aromatic N) is 2. The molecule has 3 atom stereocenters. The quantitative estimate of drug-likeness (QED) is 0.162. The van der Waals surface area contributed by atoms with Gasteiger partial charge in [-0.1, -0.05) is 78.5 Å². The molecule has 230 valence electrons. The lowest BCUT2D eigenvalue weighted by Gasteiger charge is -2.36. The summed E-state index contributed by atoms with van der Waals surface area (Å²) in [6, 6.07) is 24.0. The highest BCUT2D eigenvalue weighted by Gasteiger charge is 2.32. The molecule has 0 radical (unpaired) electrons. The number of amides is 1. The maximum absolute atomic E-state index is 12.1. The fourth-order valence-corrected chi connectivity index (χ4v) is 6.01. The van der Waals surface area contributed by atoms with Gasteiger partial charge in [-0.05, 0) is 40.3 Å². The van der Waals surface area contributed by atoms with E-state index in [1.165, 1.54) is 0 Å². The number of imidazole rings is 1. The number of hydrogen-bond donors (Lipinski definition) is 3. The molecule has 1 aromatic heterocycles. The SMILES string of the molecule is Cn1ccnc1SC[C@H]1C[C@@H](c2ccc(CO)cc2)O[C@@H](c2ccc(-c3cccc(CNC(=O)CCCC(=O)O)c3)cc2)O1. The molecule has 2 heterocycles. The number of aliphatic hydroxyl groups excluding tert-OH is 1. The molecule has 3 N–H and O–H groups in total. The second kappa shape index (κ2) is 15.2. The van der Waals surface area contributed by atoms with Crippen molar-refractivity contribution in [1.29, 1.82) is 0 Å². The van der Waals surface area contributed by atoms with Crippen molar-refractivity contribution >= 4 is 23.6 Å². The van der Waals surface area contributed by atoms with E-state index in [9.17, 15) is 14.7 Å². The number of aliphatic hydroxyl groups is 1. The molecule has 0 saturated carbocycles. The topological polar surface area (TPSA) is 123 Å². The van der Waals surface area contributed by atoms with Crippen molar-refractivity contribution in [1.82, 2.24) is 14.9 Å². The Kier molecular flexibility index (Phi) is 10.8. The number of carboxylic acid groups (broad SMARTS) is 1. The zero-order valence-corrected chi connectivity index (χ0v) is 25.4. The van der Waals surface area contributed by atoms with Crippen molar-refractivity contribution in [3.8, 4) is 11.1 Å². The molecule has 1 saturated heterocycles. The summed E-state index contributed by atoms with van der Waals surface area (Å²) < 4.78 is 15.0. The predicted octanol–water partition coefficient (Wildman–Crippen LogP) is 5.79. The van der Waals surface area contributed by atoms with Gasteiger partial charge in [-0.15, -0.1) is 0 Å². The first-order chi connectivity index (χ1) is 21.4. The number of aryl methyl sites for hydroxylation is 1. The maximum Gasteiger partial charge on any atom is 0.303 e. The van der Waals surface area contributed by atoms with Crippen molar-refractivity contribution < 1.29 is 29.3 Å². The molecule has 0 bridgehead atoms. The van der Waals surface area contributed by atoms with Crippen molar-refractivity contribution in [3.63, 3.8) is 0 Å². The van der Waals surface area contributed by atoms with E-state index < -0.39 is 12.3 Å². The number of nitrogens with one attached hydrogen (secondary N) is 1. The molecule has 10 heteroatoms. The minimum Gasteiger partial charge on any atom is -0.481 e. The number of carboxylic acids is 1. The molecule has 9 nitrogen and oxygen atoms in total. The summed E-state index contributed by atoms with van der Waals surface area (Å²) in [5.74, 6) is -0.324. The maximum atomic E-state index is 12.1. The van der Waals surface area contributed by atoms with Crippen molar-refractivity contribution in [3.05, 3.63) is 107 Å². The summed E-state index contributed by atoms with van der Waals surface area (Å²) in [6.45, 7) is 0.374. The van der Waals surface area contributed by atoms with E-state index in [0.29, 0.717) is 19.4 Å². The van der Waals surface area contributed by atoms with Crippen LogP contribution < -0.4 is 5.32 Å². The van der Waals surface area contributed by atoms with Gasteiger partial charge in [0, 0.05) is 56.6 Å². The zero-order chi connectivity index (χ0) is 30.9. The van der Waals surface area contributed by atoms with Crippen LogP contribution in [-0.2, 0) is 39.3 Å². The number of rotatable bonds is 13. The van der Waals surface area contributed by atoms with Gasteiger partial charge in [-0.3, -0.25) is 9.59 Å². The van der Waals surface area contributed by atoms with Crippen molar-refractivity contribution in [2.75, 3.05) is 5.75 Å². The fourth-order valence-electron chi connectivity index (χ4n) is 5.06. The van der Waals surface area contributed by atoms with E-state index in [1.54, 1.807) is 18.0 Å². The highest BCUT2D eigenvalue weighted by atomic mass is 32.2. The van der Waals surface area contributed by atoms with Crippen LogP contribution in [0.5, 0.6) is 0 Å². The Morgan fingerprint density at radius 3 is 2.45 bits per heavy atom. The molecule has 4 aromatic rings. The Hall–Kier alpha value is -3.96. The highest BCUT2D eigenvalue weighted by molar-refractivity contribution is 7.99. The summed E-state index contributed by atoms with van der Waals surface area (Å²) in [5, 5.41) is 22.0. The van der Waals surface area contributed by atoms with Crippen LogP contribution in [-0.4, -0.2) is 43.5 Å². The van der Waals surface area contributed by atoms with Crippen LogP contribution in [0.15, 0.2) is 90.3 Å². The second-order valence-corrected chi connectivity index (χ2v) is 11.8. The molecule has 3 aromatic carbocycles. The van der Waals surface area contributed by atoms with Gasteiger partial charge in [-0.25, -0.2) is 4.98 Å². The average Bonchev–Trinajstić information content (AvgIpc) is 3.47. The number of carbonyl (C=O) groups excluding carboxylic acids is 1. The van der Waals surface area contributed by atoms with Gasteiger partial charge in [0.25, 0.3) is 0 Å². The number of carbonyl (C=O) groups is 2. The number of hydrogen-bond acceptors (Lipinski definition) is 7. The molecule has 0 spiro atoms. The molecular weight excluding hydrogens is 578 g/mol. The first kappa shape index (κ1) is 31.5. The fraction of sp³-hybridized carbons (Fsp3) is 0.324. The van der Waals surface area contributed by atoms with E-state index >= 15 is 0 Å². The minimum absolute atomic E-state index is 0.00103. The third-order valence-electron chi connectivity index (χ3n) is 7.52. The average molecular weight is 616 g/mol. The van der Waals surface area contributed by atoms with Gasteiger partial charge >= 0.3 is 5.97 Å². The first-order valence-corrected chi connectivity index (χ1v) is 15.6. The van der Waals surface area contributed by atoms with Crippen LogP contribution in [0, 0.1) is 0 Å². The van der Waals surface area contributed by atoms with Crippen LogP contribution in [0.2, 0.25) is 0 Å². The first-order valence-electron chi connectivity index (χ1n) is 14.7. The van der Waals surface area contributed by atoms with Gasteiger partial charge in [0.05, 0.1) is 18.8 Å². The van der Waals surface area contributed by atoms with Crippen LogP contribution in [0.25, 0.3) is 11.1 Å². The summed E-state index contributed by atoms with van der Waals surface area (Å²) in [6.07, 6.45) is 4.15. The predicted molar refractivity (Wildman–Crippen MR) is 168 cm³/mol. The molecular formula is C34H37N3O6S. The van der Waals surface area contributed by atoms with Gasteiger partial charge in [0.1, 0.15) is 0 Å². The lowest BCUT2D eigenvalue weighted by atomic mass is 9.99. The molecule has 44 heavy (non-hydrogen) atoms. The van der Waals surface area contributed by atoms with Gasteiger partial charge in [-0.2, -0.15) is 0 Å².